The van der Waals surface area contributed by atoms with E-state index < -0.39 is 0 Å². The van der Waals surface area contributed by atoms with E-state index in [0.29, 0.717) is 18.0 Å². The molecule has 0 N–H and O–H groups in total. The van der Waals surface area contributed by atoms with Crippen LogP contribution in [0, 0.1) is 0 Å². The van der Waals surface area contributed by atoms with Crippen molar-refractivity contribution in [2.45, 2.75) is 115 Å². The zero-order valence-electron chi connectivity index (χ0n) is 21.3. The van der Waals surface area contributed by atoms with Gasteiger partial charge in [-0.2, -0.15) is 0 Å². The molecule has 0 fully saturated rings. The summed E-state index contributed by atoms with van der Waals surface area (Å²) in [7, 11) is -0.152. The topological polar surface area (TPSA) is 61.8 Å². The number of hydrogen-bond acceptors (Lipinski definition) is 5. The average molecular weight is 489 g/mol. The molecule has 0 aromatic carbocycles. The lowest BCUT2D eigenvalue weighted by Crippen LogP contribution is -2.03. The van der Waals surface area contributed by atoms with Crippen molar-refractivity contribution in [3.05, 3.63) is 0 Å². The van der Waals surface area contributed by atoms with Crippen LogP contribution in [0.5, 0.6) is 0 Å². The van der Waals surface area contributed by atoms with Crippen molar-refractivity contribution in [2.24, 2.45) is 0 Å². The summed E-state index contributed by atoms with van der Waals surface area (Å²) in [4.78, 5) is 23.6. The van der Waals surface area contributed by atoms with E-state index in [1.807, 2.05) is 6.92 Å². The van der Waals surface area contributed by atoms with Gasteiger partial charge in [0, 0.05) is 68.2 Å². The van der Waals surface area contributed by atoms with Gasteiger partial charge in [-0.1, -0.05) is 25.4 Å². The van der Waals surface area contributed by atoms with Gasteiger partial charge in [0.05, 0.1) is 0 Å². The van der Waals surface area contributed by atoms with E-state index in [9.17, 15) is 9.59 Å². The highest BCUT2D eigenvalue weighted by atomic mass is 28.2. The Bertz CT molecular complexity index is 421. The Balaban J connectivity index is 3.18. The van der Waals surface area contributed by atoms with Crippen molar-refractivity contribution in [2.75, 3.05) is 33.0 Å². The van der Waals surface area contributed by atoms with Crippen LogP contribution in [-0.2, 0) is 23.5 Å². The summed E-state index contributed by atoms with van der Waals surface area (Å²) in [5.74, 6) is 0.830. The molecule has 5 nitrogen and oxygen atoms in total. The third-order valence-electron chi connectivity index (χ3n) is 5.57. The molecule has 0 radical (unpaired) electrons. The molecule has 0 saturated heterocycles. The van der Waals surface area contributed by atoms with Gasteiger partial charge in [0.15, 0.2) is 9.76 Å². The van der Waals surface area contributed by atoms with Gasteiger partial charge in [-0.25, -0.2) is 0 Å². The monoisotopic (exact) mass is 488 g/mol. The van der Waals surface area contributed by atoms with E-state index in [-0.39, 0.29) is 19.3 Å². The first-order chi connectivity index (χ1) is 15.7. The van der Waals surface area contributed by atoms with Gasteiger partial charge in [0.1, 0.15) is 11.6 Å². The molecule has 0 heterocycles. The van der Waals surface area contributed by atoms with E-state index in [1.165, 1.54) is 18.5 Å². The van der Waals surface area contributed by atoms with Crippen molar-refractivity contribution < 1.29 is 23.5 Å². The fraction of sp³-hybridized carbons (Fsp3) is 0.920. The zero-order valence-corrected chi connectivity index (χ0v) is 24.1. The molecule has 32 heavy (non-hydrogen) atoms. The second-order valence-electron chi connectivity index (χ2n) is 8.74. The normalized spacial score (nSPS) is 11.9. The van der Waals surface area contributed by atoms with E-state index in [2.05, 4.69) is 6.55 Å². The Morgan fingerprint density at radius 2 is 1.00 bits per heavy atom. The van der Waals surface area contributed by atoms with Crippen LogP contribution in [0.1, 0.15) is 96.8 Å². The molecule has 0 spiro atoms. The lowest BCUT2D eigenvalue weighted by molar-refractivity contribution is -0.120. The summed E-state index contributed by atoms with van der Waals surface area (Å²) in [6, 6.07) is 2.57. The summed E-state index contributed by atoms with van der Waals surface area (Å²) in [6.07, 6.45) is 13.3. The molecule has 0 rings (SSSR count). The predicted molar refractivity (Wildman–Crippen MR) is 140 cm³/mol. The Labute approximate surface area is 202 Å². The third kappa shape index (κ3) is 25.9. The predicted octanol–water partition coefficient (Wildman–Crippen LogP) is 4.79. The highest BCUT2D eigenvalue weighted by Gasteiger charge is 2.03. The van der Waals surface area contributed by atoms with Crippen LogP contribution < -0.4 is 0 Å². The van der Waals surface area contributed by atoms with Gasteiger partial charge < -0.3 is 13.9 Å². The molecule has 0 aliphatic carbocycles. The molecular formula is C25H52O5Si2. The number of carbonyl (C=O) groups is 2. The first kappa shape index (κ1) is 31.7. The number of hydrogen-bond donors (Lipinski definition) is 0. The Hall–Kier alpha value is -0.346. The van der Waals surface area contributed by atoms with Gasteiger partial charge in [-0.15, -0.1) is 0 Å². The smallest absolute Gasteiger partial charge is 0.161 e. The quantitative estimate of drug-likeness (QED) is 0.123. The number of ether oxygens (including phenoxy) is 2. The van der Waals surface area contributed by atoms with E-state index in [4.69, 9.17) is 13.9 Å². The SMILES string of the molecule is CCO[SiH2]CCCCC(=O)CCCCOCCCCOCCCCC(=O)CCCC[SiH2]C. The van der Waals surface area contributed by atoms with Gasteiger partial charge in [0.25, 0.3) is 0 Å². The number of rotatable bonds is 27. The van der Waals surface area contributed by atoms with Crippen molar-refractivity contribution in [1.82, 2.24) is 0 Å². The van der Waals surface area contributed by atoms with Crippen LogP contribution in [0.3, 0.4) is 0 Å². The van der Waals surface area contributed by atoms with Crippen LogP contribution >= 0.6 is 0 Å². The molecule has 0 atom stereocenters. The number of Topliss-reactive ketones (excluding diaryl/α,β-unsaturated/α-hetero) is 2. The molecule has 0 unspecified atom stereocenters. The summed E-state index contributed by atoms with van der Waals surface area (Å²) < 4.78 is 16.8. The van der Waals surface area contributed by atoms with Crippen molar-refractivity contribution in [3.8, 4) is 0 Å². The Morgan fingerprint density at radius 3 is 1.44 bits per heavy atom. The van der Waals surface area contributed by atoms with Crippen LogP contribution in [0.4, 0.5) is 0 Å². The molecule has 0 aromatic heterocycles. The summed E-state index contributed by atoms with van der Waals surface area (Å²) in [5.41, 5.74) is 0. The molecule has 0 amide bonds. The lowest BCUT2D eigenvalue weighted by atomic mass is 10.1. The third-order valence-corrected chi connectivity index (χ3v) is 8.27. The molecule has 7 heteroatoms. The van der Waals surface area contributed by atoms with E-state index in [0.717, 1.165) is 110 Å². The summed E-state index contributed by atoms with van der Waals surface area (Å²) in [6.45, 7) is 8.28. The minimum absolute atomic E-state index is 0.173. The Kier molecular flexibility index (Phi) is 26.6. The lowest BCUT2D eigenvalue weighted by Gasteiger charge is -2.06. The van der Waals surface area contributed by atoms with Crippen LogP contribution in [0.2, 0.25) is 18.6 Å². The maximum atomic E-state index is 11.8. The number of carbonyl (C=O) groups excluding carboxylic acids is 2. The molecule has 0 bridgehead atoms. The van der Waals surface area contributed by atoms with Crippen molar-refractivity contribution >= 4 is 30.8 Å². The van der Waals surface area contributed by atoms with Gasteiger partial charge >= 0.3 is 0 Å². The average Bonchev–Trinajstić information content (AvgIpc) is 2.79. The fourth-order valence-corrected chi connectivity index (χ4v) is 5.42. The molecule has 0 aliphatic heterocycles. The minimum Gasteiger partial charge on any atom is -0.424 e. The standard InChI is InChI=1S/C25H52O5Si2/c1-3-30-32-23-13-7-17-25(27)15-5-9-19-29-21-11-10-20-28-18-8-4-14-24(26)16-6-12-22-31-2/h3-23,31-32H2,1-2H3. The van der Waals surface area contributed by atoms with Crippen LogP contribution in [0.25, 0.3) is 0 Å². The fourth-order valence-electron chi connectivity index (χ4n) is 3.51. The maximum Gasteiger partial charge on any atom is 0.161 e. The van der Waals surface area contributed by atoms with Gasteiger partial charge in [0.2, 0.25) is 0 Å². The van der Waals surface area contributed by atoms with Gasteiger partial charge in [-0.3, -0.25) is 9.59 Å². The highest BCUT2D eigenvalue weighted by Crippen LogP contribution is 2.07. The first-order valence-electron chi connectivity index (χ1n) is 13.5. The maximum absolute atomic E-state index is 11.8. The minimum atomic E-state index is -0.326. The Morgan fingerprint density at radius 1 is 0.594 bits per heavy atom. The molecule has 190 valence electrons. The first-order valence-corrected chi connectivity index (χ1v) is 17.5. The number of unbranched alkanes of at least 4 members (excludes halogenated alkanes) is 5. The molecular weight excluding hydrogens is 436 g/mol. The number of ketones is 2. The summed E-state index contributed by atoms with van der Waals surface area (Å²) >= 11 is 0. The van der Waals surface area contributed by atoms with Crippen molar-refractivity contribution in [3.63, 3.8) is 0 Å². The molecule has 0 saturated carbocycles. The zero-order chi connectivity index (χ0) is 23.5. The van der Waals surface area contributed by atoms with E-state index in [1.54, 1.807) is 0 Å². The second kappa shape index (κ2) is 26.9. The molecule has 0 aromatic rings. The van der Waals surface area contributed by atoms with Gasteiger partial charge in [-0.05, 0) is 64.3 Å². The van der Waals surface area contributed by atoms with Crippen LogP contribution in [-0.4, -0.2) is 63.9 Å². The second-order valence-corrected chi connectivity index (χ2v) is 12.0. The van der Waals surface area contributed by atoms with Crippen LogP contribution in [0.15, 0.2) is 0 Å². The summed E-state index contributed by atoms with van der Waals surface area (Å²) in [5, 5.41) is 0. The largest absolute Gasteiger partial charge is 0.424 e. The van der Waals surface area contributed by atoms with Crippen molar-refractivity contribution in [1.29, 1.82) is 0 Å². The van der Waals surface area contributed by atoms with E-state index >= 15 is 0 Å². The molecule has 0 aliphatic rings. The highest BCUT2D eigenvalue weighted by molar-refractivity contribution is 6.33.